The van der Waals surface area contributed by atoms with E-state index in [4.69, 9.17) is 10.8 Å². The largest absolute Gasteiger partial charge is 0.481 e. The molecule has 0 aliphatic rings. The summed E-state index contributed by atoms with van der Waals surface area (Å²) in [4.78, 5) is 10.4. The zero-order valence-electron chi connectivity index (χ0n) is 8.13. The Balaban J connectivity index is 3.92. The maximum Gasteiger partial charge on any atom is 0.303 e. The molecule has 0 aliphatic heterocycles. The molecule has 0 bridgehead atoms. The number of carbonyl (C=O) groups is 1. The van der Waals surface area contributed by atoms with E-state index in [0.717, 1.165) is 6.04 Å². The first-order chi connectivity index (χ1) is 5.35. The van der Waals surface area contributed by atoms with Crippen LogP contribution in [0.15, 0.2) is 0 Å². The van der Waals surface area contributed by atoms with Gasteiger partial charge in [-0.3, -0.25) is 4.79 Å². The Labute approximate surface area is 75.0 Å². The molecule has 0 saturated heterocycles. The number of carboxylic acids is 1. The van der Waals surface area contributed by atoms with Crippen LogP contribution in [-0.2, 0) is 4.79 Å². The van der Waals surface area contributed by atoms with Gasteiger partial charge in [-0.05, 0) is 12.5 Å². The molecule has 0 rings (SSSR count). The van der Waals surface area contributed by atoms with Crippen molar-refractivity contribution in [2.75, 3.05) is 6.54 Å². The van der Waals surface area contributed by atoms with E-state index in [1.54, 1.807) is 0 Å². The lowest BCUT2D eigenvalue weighted by atomic mass is 10.1. The fraction of sp³-hybridized carbons (Fsp3) is 0.875. The number of rotatable bonds is 5. The predicted molar refractivity (Wildman–Crippen MR) is 53.0 cm³/mol. The van der Waals surface area contributed by atoms with Crippen LogP contribution in [0.1, 0.15) is 6.42 Å². The van der Waals surface area contributed by atoms with Crippen LogP contribution in [0.2, 0.25) is 25.7 Å². The number of nitrogens with two attached hydrogens (primary N) is 1. The topological polar surface area (TPSA) is 63.3 Å². The molecule has 0 amide bonds. The Morgan fingerprint density at radius 2 is 2.00 bits per heavy atom. The molecule has 0 fully saturated rings. The van der Waals surface area contributed by atoms with Crippen LogP contribution in [0.4, 0.5) is 0 Å². The van der Waals surface area contributed by atoms with E-state index in [2.05, 4.69) is 19.6 Å². The highest BCUT2D eigenvalue weighted by atomic mass is 28.3. The van der Waals surface area contributed by atoms with Crippen LogP contribution in [-0.4, -0.2) is 25.7 Å². The second-order valence-electron chi connectivity index (χ2n) is 4.46. The van der Waals surface area contributed by atoms with Crippen molar-refractivity contribution in [1.82, 2.24) is 0 Å². The fourth-order valence-electron chi connectivity index (χ4n) is 1.35. The van der Waals surface area contributed by atoms with E-state index in [1.165, 1.54) is 0 Å². The van der Waals surface area contributed by atoms with E-state index >= 15 is 0 Å². The summed E-state index contributed by atoms with van der Waals surface area (Å²) in [6, 6.07) is 1.01. The monoisotopic (exact) mass is 189 g/mol. The number of carboxylic acid groups (broad SMARTS) is 1. The molecule has 0 aromatic heterocycles. The molecule has 4 heteroatoms. The first-order valence-corrected chi connectivity index (χ1v) is 7.97. The molecule has 0 aromatic carbocycles. The standard InChI is InChI=1S/C8H19NO2Si/c1-12(2,3)6-7(5-9)4-8(10)11/h7H,4-6,9H2,1-3H3,(H,10,11)/t7-/m1/s1. The lowest BCUT2D eigenvalue weighted by Gasteiger charge is -2.21. The van der Waals surface area contributed by atoms with E-state index in [9.17, 15) is 4.79 Å². The van der Waals surface area contributed by atoms with Gasteiger partial charge in [0.05, 0.1) is 0 Å². The Morgan fingerprint density at radius 3 is 2.25 bits per heavy atom. The van der Waals surface area contributed by atoms with Gasteiger partial charge in [0.25, 0.3) is 0 Å². The maximum absolute atomic E-state index is 10.4. The highest BCUT2D eigenvalue weighted by Crippen LogP contribution is 2.18. The van der Waals surface area contributed by atoms with Gasteiger partial charge >= 0.3 is 5.97 Å². The van der Waals surface area contributed by atoms with E-state index < -0.39 is 14.0 Å². The van der Waals surface area contributed by atoms with Crippen molar-refractivity contribution < 1.29 is 9.90 Å². The summed E-state index contributed by atoms with van der Waals surface area (Å²) in [5, 5.41) is 8.57. The van der Waals surface area contributed by atoms with Crippen LogP contribution >= 0.6 is 0 Å². The second kappa shape index (κ2) is 4.62. The quantitative estimate of drug-likeness (QED) is 0.642. The van der Waals surface area contributed by atoms with Crippen molar-refractivity contribution in [2.45, 2.75) is 32.1 Å². The average Bonchev–Trinajstić information content (AvgIpc) is 1.82. The van der Waals surface area contributed by atoms with Gasteiger partial charge in [0.1, 0.15) is 0 Å². The van der Waals surface area contributed by atoms with Gasteiger partial charge in [0.15, 0.2) is 0 Å². The Bertz CT molecular complexity index is 154. The van der Waals surface area contributed by atoms with Crippen LogP contribution in [0, 0.1) is 5.92 Å². The first kappa shape index (κ1) is 11.6. The minimum atomic E-state index is -1.15. The first-order valence-electron chi connectivity index (χ1n) is 4.27. The number of aliphatic carboxylic acids is 1. The summed E-state index contributed by atoms with van der Waals surface area (Å²) in [5.41, 5.74) is 5.49. The second-order valence-corrected chi connectivity index (χ2v) is 9.99. The van der Waals surface area contributed by atoms with E-state index in [0.29, 0.717) is 6.54 Å². The molecule has 0 unspecified atom stereocenters. The molecule has 1 atom stereocenters. The number of hydrogen-bond acceptors (Lipinski definition) is 2. The van der Waals surface area contributed by atoms with Crippen molar-refractivity contribution in [1.29, 1.82) is 0 Å². The van der Waals surface area contributed by atoms with Gasteiger partial charge in [-0.1, -0.05) is 25.7 Å². The Morgan fingerprint density at radius 1 is 1.50 bits per heavy atom. The third-order valence-electron chi connectivity index (χ3n) is 1.70. The van der Waals surface area contributed by atoms with Crippen LogP contribution in [0.5, 0.6) is 0 Å². The zero-order valence-corrected chi connectivity index (χ0v) is 9.13. The summed E-state index contributed by atoms with van der Waals surface area (Å²) in [6.45, 7) is 7.20. The zero-order chi connectivity index (χ0) is 9.78. The van der Waals surface area contributed by atoms with Crippen molar-refractivity contribution in [2.24, 2.45) is 11.7 Å². The van der Waals surface area contributed by atoms with Gasteiger partial charge in [0, 0.05) is 14.5 Å². The fourth-order valence-corrected chi connectivity index (χ4v) is 3.39. The highest BCUT2D eigenvalue weighted by molar-refractivity contribution is 6.76. The summed E-state index contributed by atoms with van der Waals surface area (Å²) in [6.07, 6.45) is 0.223. The molecule has 3 nitrogen and oxygen atoms in total. The van der Waals surface area contributed by atoms with Crippen molar-refractivity contribution in [3.05, 3.63) is 0 Å². The summed E-state index contributed by atoms with van der Waals surface area (Å²) in [7, 11) is -1.15. The summed E-state index contributed by atoms with van der Waals surface area (Å²) < 4.78 is 0. The summed E-state index contributed by atoms with van der Waals surface area (Å²) >= 11 is 0. The van der Waals surface area contributed by atoms with Crippen molar-refractivity contribution >= 4 is 14.0 Å². The molecule has 0 saturated carbocycles. The van der Waals surface area contributed by atoms with Gasteiger partial charge in [-0.15, -0.1) is 0 Å². The normalized spacial score (nSPS) is 14.3. The van der Waals surface area contributed by atoms with Crippen molar-refractivity contribution in [3.63, 3.8) is 0 Å². The predicted octanol–water partition coefficient (Wildman–Crippen LogP) is 1.37. The average molecular weight is 189 g/mol. The lowest BCUT2D eigenvalue weighted by molar-refractivity contribution is -0.137. The Kier molecular flexibility index (Phi) is 4.48. The third-order valence-corrected chi connectivity index (χ3v) is 3.50. The van der Waals surface area contributed by atoms with E-state index in [1.807, 2.05) is 0 Å². The third kappa shape index (κ3) is 6.36. The molecular formula is C8H19NO2Si. The number of hydrogen-bond donors (Lipinski definition) is 2. The van der Waals surface area contributed by atoms with Crippen LogP contribution in [0.25, 0.3) is 0 Å². The van der Waals surface area contributed by atoms with Gasteiger partial charge < -0.3 is 10.8 Å². The van der Waals surface area contributed by atoms with Gasteiger partial charge in [-0.2, -0.15) is 0 Å². The summed E-state index contributed by atoms with van der Waals surface area (Å²) in [5.74, 6) is -0.558. The molecule has 12 heavy (non-hydrogen) atoms. The van der Waals surface area contributed by atoms with Crippen LogP contribution < -0.4 is 5.73 Å². The minimum absolute atomic E-state index is 0.175. The molecule has 3 N–H and O–H groups in total. The van der Waals surface area contributed by atoms with Crippen molar-refractivity contribution in [3.8, 4) is 0 Å². The van der Waals surface area contributed by atoms with Gasteiger partial charge in [0.2, 0.25) is 0 Å². The van der Waals surface area contributed by atoms with Crippen LogP contribution in [0.3, 0.4) is 0 Å². The molecule has 0 aromatic rings. The molecule has 0 radical (unpaired) electrons. The van der Waals surface area contributed by atoms with E-state index in [-0.39, 0.29) is 12.3 Å². The SMILES string of the molecule is C[Si](C)(C)C[C@@H](CN)CC(=O)O. The minimum Gasteiger partial charge on any atom is -0.481 e. The lowest BCUT2D eigenvalue weighted by Crippen LogP contribution is -2.29. The molecule has 0 aliphatic carbocycles. The highest BCUT2D eigenvalue weighted by Gasteiger charge is 2.21. The molecule has 72 valence electrons. The maximum atomic E-state index is 10.4. The molecular weight excluding hydrogens is 170 g/mol. The van der Waals surface area contributed by atoms with Gasteiger partial charge in [-0.25, -0.2) is 0 Å². The molecule has 0 heterocycles. The molecule has 0 spiro atoms. The smallest absolute Gasteiger partial charge is 0.303 e. The Hall–Kier alpha value is -0.353.